The zero-order chi connectivity index (χ0) is 19.3. The summed E-state index contributed by atoms with van der Waals surface area (Å²) in [5.74, 6) is 0.339. The predicted octanol–water partition coefficient (Wildman–Crippen LogP) is 1.04. The fourth-order valence-electron chi connectivity index (χ4n) is 3.65. The van der Waals surface area contributed by atoms with Crippen molar-refractivity contribution in [3.05, 3.63) is 48.5 Å². The minimum atomic E-state index is -0.841. The van der Waals surface area contributed by atoms with Crippen molar-refractivity contribution in [3.8, 4) is 0 Å². The van der Waals surface area contributed by atoms with Gasteiger partial charge in [0.1, 0.15) is 24.1 Å². The van der Waals surface area contributed by atoms with E-state index in [1.807, 2.05) is 6.07 Å². The second kappa shape index (κ2) is 6.52. The van der Waals surface area contributed by atoms with Crippen LogP contribution in [0.3, 0.4) is 0 Å². The minimum Gasteiger partial charge on any atom is -0.387 e. The van der Waals surface area contributed by atoms with E-state index in [0.717, 1.165) is 0 Å². The average Bonchev–Trinajstić information content (AvgIpc) is 3.39. The van der Waals surface area contributed by atoms with Crippen molar-refractivity contribution in [3.63, 3.8) is 0 Å². The van der Waals surface area contributed by atoms with Gasteiger partial charge in [-0.15, -0.1) is 0 Å². The maximum absolute atomic E-state index is 12.5. The van der Waals surface area contributed by atoms with Crippen LogP contribution in [0.5, 0.6) is 0 Å². The number of thiol groups is 1. The maximum Gasteiger partial charge on any atom is 0.256 e. The number of amides is 1. The minimum absolute atomic E-state index is 0.291. The van der Waals surface area contributed by atoms with Gasteiger partial charge in [0.2, 0.25) is 0 Å². The van der Waals surface area contributed by atoms with Crippen LogP contribution in [0, 0.1) is 0 Å². The molecule has 10 heteroatoms. The van der Waals surface area contributed by atoms with Crippen molar-refractivity contribution in [2.24, 2.45) is 0 Å². The van der Waals surface area contributed by atoms with Crippen molar-refractivity contribution in [1.29, 1.82) is 0 Å². The Labute approximate surface area is 165 Å². The molecule has 4 heterocycles. The molecule has 4 unspecified atom stereocenters. The third-order valence-electron chi connectivity index (χ3n) is 5.18. The molecule has 1 aromatic carbocycles. The molecule has 144 valence electrons. The smallest absolute Gasteiger partial charge is 0.256 e. The Morgan fingerprint density at radius 2 is 2.14 bits per heavy atom. The molecule has 0 saturated carbocycles. The number of aliphatic hydroxyl groups is 1. The molecule has 0 spiro atoms. The molecule has 2 saturated heterocycles. The molecule has 2 aliphatic heterocycles. The number of aliphatic hydroxyl groups excluding tert-OH is 1. The lowest BCUT2D eigenvalue weighted by Crippen LogP contribution is -2.42. The highest BCUT2D eigenvalue weighted by molar-refractivity contribution is 7.80. The molecule has 2 bridgehead atoms. The second-order valence-electron chi connectivity index (χ2n) is 6.82. The van der Waals surface area contributed by atoms with E-state index in [2.05, 4.69) is 32.9 Å². The van der Waals surface area contributed by atoms with Crippen molar-refractivity contribution >= 4 is 35.5 Å². The zero-order valence-corrected chi connectivity index (χ0v) is 15.5. The summed E-state index contributed by atoms with van der Waals surface area (Å²) >= 11 is 4.30. The van der Waals surface area contributed by atoms with E-state index in [-0.39, 0.29) is 5.91 Å². The first-order valence-corrected chi connectivity index (χ1v) is 9.38. The third-order valence-corrected chi connectivity index (χ3v) is 5.71. The Kier molecular flexibility index (Phi) is 4.09. The number of fused-ring (bicyclic) bond motifs is 3. The first-order chi connectivity index (χ1) is 13.6. The first kappa shape index (κ1) is 17.6. The van der Waals surface area contributed by atoms with E-state index in [0.29, 0.717) is 34.9 Å². The Hall–Kier alpha value is -2.53. The molecule has 2 fully saturated rings. The van der Waals surface area contributed by atoms with Crippen LogP contribution in [0.25, 0.3) is 11.2 Å². The SMILES string of the molecule is O=C(Nc1ncnc2c1ncn2C1OC2(CS)COC1C2O)c1ccccc1. The molecule has 28 heavy (non-hydrogen) atoms. The summed E-state index contributed by atoms with van der Waals surface area (Å²) in [5.41, 5.74) is 0.567. The van der Waals surface area contributed by atoms with E-state index in [4.69, 9.17) is 9.47 Å². The highest BCUT2D eigenvalue weighted by Crippen LogP contribution is 2.46. The molecule has 4 atom stereocenters. The number of rotatable bonds is 4. The van der Waals surface area contributed by atoms with Gasteiger partial charge in [-0.2, -0.15) is 12.6 Å². The van der Waals surface area contributed by atoms with Crippen molar-refractivity contribution in [2.45, 2.75) is 24.0 Å². The van der Waals surface area contributed by atoms with Crippen molar-refractivity contribution < 1.29 is 19.4 Å². The molecule has 1 amide bonds. The summed E-state index contributed by atoms with van der Waals surface area (Å²) in [5, 5.41) is 13.3. The van der Waals surface area contributed by atoms with Crippen LogP contribution >= 0.6 is 12.6 Å². The van der Waals surface area contributed by atoms with Gasteiger partial charge in [-0.1, -0.05) is 18.2 Å². The molecule has 5 rings (SSSR count). The number of hydrogen-bond acceptors (Lipinski definition) is 8. The van der Waals surface area contributed by atoms with Gasteiger partial charge in [0.05, 0.1) is 12.9 Å². The highest BCUT2D eigenvalue weighted by atomic mass is 32.1. The predicted molar refractivity (Wildman–Crippen MR) is 102 cm³/mol. The molecule has 0 radical (unpaired) electrons. The molecule has 2 aliphatic rings. The number of aromatic nitrogens is 4. The van der Waals surface area contributed by atoms with Crippen LogP contribution in [-0.4, -0.2) is 60.7 Å². The number of ether oxygens (including phenoxy) is 2. The van der Waals surface area contributed by atoms with Gasteiger partial charge in [-0.3, -0.25) is 9.36 Å². The number of carbonyl (C=O) groups excluding carboxylic acids is 1. The van der Waals surface area contributed by atoms with Gasteiger partial charge in [-0.25, -0.2) is 15.0 Å². The number of benzene rings is 1. The largest absolute Gasteiger partial charge is 0.387 e. The molecule has 3 aromatic rings. The van der Waals surface area contributed by atoms with Gasteiger partial charge in [-0.05, 0) is 12.1 Å². The number of carbonyl (C=O) groups is 1. The third kappa shape index (κ3) is 2.53. The molecular weight excluding hydrogens is 382 g/mol. The summed E-state index contributed by atoms with van der Waals surface area (Å²) in [6.45, 7) is 0.291. The monoisotopic (exact) mass is 399 g/mol. The fraction of sp³-hybridized carbons (Fsp3) is 0.333. The Bertz CT molecular complexity index is 1040. The van der Waals surface area contributed by atoms with E-state index in [1.54, 1.807) is 35.2 Å². The van der Waals surface area contributed by atoms with Crippen LogP contribution in [-0.2, 0) is 9.47 Å². The Morgan fingerprint density at radius 1 is 1.32 bits per heavy atom. The zero-order valence-electron chi connectivity index (χ0n) is 14.6. The van der Waals surface area contributed by atoms with Crippen LogP contribution in [0.4, 0.5) is 5.82 Å². The van der Waals surface area contributed by atoms with Crippen LogP contribution in [0.1, 0.15) is 16.6 Å². The quantitative estimate of drug-likeness (QED) is 0.562. The van der Waals surface area contributed by atoms with Crippen molar-refractivity contribution in [1.82, 2.24) is 19.5 Å². The van der Waals surface area contributed by atoms with E-state index >= 15 is 0 Å². The molecule has 9 nitrogen and oxygen atoms in total. The lowest BCUT2D eigenvalue weighted by Gasteiger charge is -2.29. The number of nitrogens with one attached hydrogen (secondary N) is 1. The second-order valence-corrected chi connectivity index (χ2v) is 7.13. The number of hydrogen-bond donors (Lipinski definition) is 3. The molecule has 2 N–H and O–H groups in total. The van der Waals surface area contributed by atoms with Gasteiger partial charge in [0.15, 0.2) is 23.2 Å². The summed E-state index contributed by atoms with van der Waals surface area (Å²) in [6.07, 6.45) is 0.979. The van der Waals surface area contributed by atoms with Crippen LogP contribution in [0.2, 0.25) is 0 Å². The van der Waals surface area contributed by atoms with Gasteiger partial charge < -0.3 is 19.9 Å². The van der Waals surface area contributed by atoms with Crippen LogP contribution < -0.4 is 5.32 Å². The van der Waals surface area contributed by atoms with E-state index < -0.39 is 24.0 Å². The Balaban J connectivity index is 1.48. The van der Waals surface area contributed by atoms with E-state index in [1.165, 1.54) is 6.33 Å². The first-order valence-electron chi connectivity index (χ1n) is 8.75. The topological polar surface area (TPSA) is 111 Å². The summed E-state index contributed by atoms with van der Waals surface area (Å²) in [7, 11) is 0. The molecule has 2 aromatic heterocycles. The lowest BCUT2D eigenvalue weighted by molar-refractivity contribution is -0.162. The number of nitrogens with zero attached hydrogens (tertiary/aromatic N) is 4. The maximum atomic E-state index is 12.5. The summed E-state index contributed by atoms with van der Waals surface area (Å²) in [4.78, 5) is 25.2. The fourth-order valence-corrected chi connectivity index (χ4v) is 4.01. The van der Waals surface area contributed by atoms with Gasteiger partial charge >= 0.3 is 0 Å². The summed E-state index contributed by atoms with van der Waals surface area (Å²) < 4.78 is 13.5. The number of anilines is 1. The van der Waals surface area contributed by atoms with Crippen molar-refractivity contribution in [2.75, 3.05) is 17.7 Å². The summed E-state index contributed by atoms with van der Waals surface area (Å²) in [6, 6.07) is 8.84. The Morgan fingerprint density at radius 3 is 2.89 bits per heavy atom. The molecular formula is C18H17N5O4S. The van der Waals surface area contributed by atoms with Gasteiger partial charge in [0.25, 0.3) is 5.91 Å². The van der Waals surface area contributed by atoms with Gasteiger partial charge in [0, 0.05) is 11.3 Å². The normalized spacial score (nSPS) is 28.7. The average molecular weight is 399 g/mol. The standard InChI is InChI=1S/C18H17N5O4S/c24-13-12-17(27-18(13,7-28)6-26-12)23-9-21-11-14(19-8-20-15(11)23)22-16(25)10-4-2-1-3-5-10/h1-5,8-9,12-13,17,24,28H,6-7H2,(H,19,20,22,25). The number of imidazole rings is 1. The highest BCUT2D eigenvalue weighted by Gasteiger charge is 2.61. The molecule has 0 aliphatic carbocycles. The van der Waals surface area contributed by atoms with Crippen LogP contribution in [0.15, 0.2) is 43.0 Å². The lowest BCUT2D eigenvalue weighted by atomic mass is 10.0. The van der Waals surface area contributed by atoms with E-state index in [9.17, 15) is 9.90 Å².